The molecule has 0 aromatic rings. The third-order valence-electron chi connectivity index (χ3n) is 1.74. The molecule has 1 aliphatic rings. The minimum atomic E-state index is 0.745. The lowest BCUT2D eigenvalue weighted by Crippen LogP contribution is -1.99. The first-order chi connectivity index (χ1) is 3.17. The van der Waals surface area contributed by atoms with E-state index in [1.807, 2.05) is 0 Å². The third kappa shape index (κ3) is 0.966. The van der Waals surface area contributed by atoms with Crippen LogP contribution in [0.4, 0.5) is 0 Å². The van der Waals surface area contributed by atoms with Crippen LogP contribution in [0.15, 0.2) is 0 Å². The zero-order valence-electron chi connectivity index (χ0n) is 5.28. The molecule has 0 aromatic carbocycles. The first-order valence-electron chi connectivity index (χ1n) is 2.94. The lowest BCUT2D eigenvalue weighted by molar-refractivity contribution is 0.737. The SMILES string of the molecule is CCC1PC1(C)C. The van der Waals surface area contributed by atoms with Gasteiger partial charge in [-0.05, 0) is 17.2 Å². The van der Waals surface area contributed by atoms with Gasteiger partial charge in [-0.1, -0.05) is 20.8 Å². The molecule has 1 heteroatoms. The van der Waals surface area contributed by atoms with Crippen molar-refractivity contribution in [1.29, 1.82) is 0 Å². The Balaban J connectivity index is 2.30. The van der Waals surface area contributed by atoms with Crippen LogP contribution in [0.5, 0.6) is 0 Å². The van der Waals surface area contributed by atoms with Crippen LogP contribution in [0.1, 0.15) is 27.2 Å². The average Bonchev–Trinajstić information content (AvgIpc) is 2.13. The van der Waals surface area contributed by atoms with Crippen LogP contribution in [0, 0.1) is 0 Å². The van der Waals surface area contributed by atoms with E-state index in [0.717, 1.165) is 10.8 Å². The van der Waals surface area contributed by atoms with Crippen molar-refractivity contribution in [3.05, 3.63) is 0 Å². The van der Waals surface area contributed by atoms with E-state index >= 15 is 0 Å². The summed E-state index contributed by atoms with van der Waals surface area (Å²) in [4.78, 5) is 0. The minimum absolute atomic E-state index is 0.745. The Morgan fingerprint density at radius 3 is 2.00 bits per heavy atom. The maximum atomic E-state index is 2.36. The molecule has 0 N–H and O–H groups in total. The number of hydrogen-bond acceptors (Lipinski definition) is 0. The molecule has 1 aliphatic heterocycles. The molecule has 7 heavy (non-hydrogen) atoms. The first kappa shape index (κ1) is 5.56. The molecule has 0 spiro atoms. The average molecular weight is 116 g/mol. The van der Waals surface area contributed by atoms with Gasteiger partial charge in [-0.3, -0.25) is 0 Å². The van der Waals surface area contributed by atoms with Crippen LogP contribution in [0.2, 0.25) is 0 Å². The fourth-order valence-corrected chi connectivity index (χ4v) is 2.24. The van der Waals surface area contributed by atoms with Crippen LogP contribution in [0.3, 0.4) is 0 Å². The molecule has 1 rings (SSSR count). The summed E-state index contributed by atoms with van der Waals surface area (Å²) in [5.41, 5.74) is 1.08. The molecule has 0 nitrogen and oxygen atoms in total. The van der Waals surface area contributed by atoms with Crippen LogP contribution in [-0.4, -0.2) is 10.8 Å². The Morgan fingerprint density at radius 1 is 1.57 bits per heavy atom. The molecule has 0 radical (unpaired) electrons. The van der Waals surface area contributed by atoms with E-state index in [1.165, 1.54) is 15.0 Å². The molecule has 1 saturated heterocycles. The highest BCUT2D eigenvalue weighted by atomic mass is 31.1. The number of hydrogen-bond donors (Lipinski definition) is 0. The molecule has 0 bridgehead atoms. The smallest absolute Gasteiger partial charge is 0.0111 e. The predicted molar refractivity (Wildman–Crippen MR) is 36.5 cm³/mol. The largest absolute Gasteiger partial charge is 0.112 e. The summed E-state index contributed by atoms with van der Waals surface area (Å²) in [5, 5.41) is 0.745. The van der Waals surface area contributed by atoms with Crippen LogP contribution in [-0.2, 0) is 0 Å². The predicted octanol–water partition coefficient (Wildman–Crippen LogP) is 2.24. The Morgan fingerprint density at radius 2 is 2.00 bits per heavy atom. The van der Waals surface area contributed by atoms with Gasteiger partial charge in [0.15, 0.2) is 0 Å². The second-order valence-corrected chi connectivity index (χ2v) is 5.10. The minimum Gasteiger partial charge on any atom is -0.112 e. The molecule has 1 fully saturated rings. The fraction of sp³-hybridized carbons (Fsp3) is 1.00. The van der Waals surface area contributed by atoms with Crippen molar-refractivity contribution in [3.8, 4) is 0 Å². The lowest BCUT2D eigenvalue weighted by atomic mass is 10.1. The third-order valence-corrected chi connectivity index (χ3v) is 4.00. The molecule has 0 aliphatic carbocycles. The topological polar surface area (TPSA) is 0 Å². The first-order valence-corrected chi connectivity index (χ1v) is 4.02. The second-order valence-electron chi connectivity index (χ2n) is 2.83. The summed E-state index contributed by atoms with van der Waals surface area (Å²) in [6, 6.07) is 0. The maximum absolute atomic E-state index is 2.36. The van der Waals surface area contributed by atoms with Crippen LogP contribution in [0.25, 0.3) is 0 Å². The summed E-state index contributed by atoms with van der Waals surface area (Å²) >= 11 is 0. The molecular weight excluding hydrogens is 103 g/mol. The normalized spacial score (nSPS) is 39.0. The zero-order valence-corrected chi connectivity index (χ0v) is 6.28. The Kier molecular flexibility index (Phi) is 1.15. The van der Waals surface area contributed by atoms with Crippen molar-refractivity contribution in [2.75, 3.05) is 0 Å². The van der Waals surface area contributed by atoms with Gasteiger partial charge in [0.05, 0.1) is 0 Å². The Bertz CT molecular complexity index is 76.2. The summed E-state index contributed by atoms with van der Waals surface area (Å²) in [6.45, 7) is 7.01. The van der Waals surface area contributed by atoms with Crippen molar-refractivity contribution in [2.24, 2.45) is 0 Å². The highest BCUT2D eigenvalue weighted by molar-refractivity contribution is 7.50. The van der Waals surface area contributed by atoms with Crippen molar-refractivity contribution in [1.82, 2.24) is 0 Å². The van der Waals surface area contributed by atoms with E-state index in [4.69, 9.17) is 0 Å². The zero-order chi connectivity index (χ0) is 5.49. The van der Waals surface area contributed by atoms with Gasteiger partial charge >= 0.3 is 0 Å². The second kappa shape index (κ2) is 1.45. The highest BCUT2D eigenvalue weighted by Crippen LogP contribution is 2.60. The van der Waals surface area contributed by atoms with Crippen molar-refractivity contribution < 1.29 is 0 Å². The van der Waals surface area contributed by atoms with E-state index < -0.39 is 0 Å². The fourth-order valence-electron chi connectivity index (χ4n) is 1.02. The lowest BCUT2D eigenvalue weighted by Gasteiger charge is -1.94. The van der Waals surface area contributed by atoms with Gasteiger partial charge in [0.2, 0.25) is 0 Å². The van der Waals surface area contributed by atoms with E-state index in [9.17, 15) is 0 Å². The maximum Gasteiger partial charge on any atom is -0.0111 e. The molecule has 42 valence electrons. The molecule has 0 saturated carbocycles. The van der Waals surface area contributed by atoms with Gasteiger partial charge in [0.1, 0.15) is 0 Å². The molecular formula is C6H13P. The van der Waals surface area contributed by atoms with Crippen molar-refractivity contribution in [2.45, 2.75) is 38.0 Å². The van der Waals surface area contributed by atoms with Gasteiger partial charge in [-0.15, -0.1) is 8.58 Å². The van der Waals surface area contributed by atoms with Crippen molar-refractivity contribution in [3.63, 3.8) is 0 Å². The van der Waals surface area contributed by atoms with Gasteiger partial charge in [0, 0.05) is 0 Å². The summed E-state index contributed by atoms with van der Waals surface area (Å²) < 4.78 is 0. The summed E-state index contributed by atoms with van der Waals surface area (Å²) in [5.74, 6) is 0. The van der Waals surface area contributed by atoms with Gasteiger partial charge in [-0.2, -0.15) is 0 Å². The molecule has 1 heterocycles. The van der Waals surface area contributed by atoms with Crippen molar-refractivity contribution >= 4 is 8.58 Å². The Labute approximate surface area is 47.5 Å². The van der Waals surface area contributed by atoms with E-state index in [0.29, 0.717) is 0 Å². The number of rotatable bonds is 1. The summed E-state index contributed by atoms with van der Waals surface area (Å²) in [7, 11) is 1.25. The van der Waals surface area contributed by atoms with Crippen LogP contribution >= 0.6 is 8.58 Å². The van der Waals surface area contributed by atoms with Gasteiger partial charge < -0.3 is 0 Å². The van der Waals surface area contributed by atoms with E-state index in [-0.39, 0.29) is 0 Å². The highest BCUT2D eigenvalue weighted by Gasteiger charge is 2.43. The molecule has 0 amide bonds. The quantitative estimate of drug-likeness (QED) is 0.461. The van der Waals surface area contributed by atoms with E-state index in [1.54, 1.807) is 0 Å². The van der Waals surface area contributed by atoms with Gasteiger partial charge in [0.25, 0.3) is 0 Å². The molecule has 2 atom stereocenters. The molecule has 2 unspecified atom stereocenters. The summed E-state index contributed by atoms with van der Waals surface area (Å²) in [6.07, 6.45) is 1.39. The van der Waals surface area contributed by atoms with Gasteiger partial charge in [-0.25, -0.2) is 0 Å². The standard InChI is InChI=1S/C6H13P/c1-4-5-6(2,3)7-5/h5,7H,4H2,1-3H3. The Hall–Kier alpha value is 0.430. The van der Waals surface area contributed by atoms with Crippen LogP contribution < -0.4 is 0 Å². The monoisotopic (exact) mass is 116 g/mol. The molecule has 0 aromatic heterocycles. The van der Waals surface area contributed by atoms with E-state index in [2.05, 4.69) is 20.8 Å².